The number of rotatable bonds is 9. The van der Waals surface area contributed by atoms with E-state index in [0.717, 1.165) is 63.5 Å². The largest absolute Gasteiger partial charge is 0.469 e. The Morgan fingerprint density at radius 2 is 1.34 bits per heavy atom. The maximum Gasteiger partial charge on any atom is 0.305 e. The predicted octanol–water partition coefficient (Wildman–Crippen LogP) is 7.89. The third-order valence-electron chi connectivity index (χ3n) is 7.98. The van der Waals surface area contributed by atoms with Gasteiger partial charge in [-0.3, -0.25) is 9.59 Å². The Kier molecular flexibility index (Phi) is 9.88. The molecule has 11 nitrogen and oxygen atoms in total. The molecule has 0 fully saturated rings. The van der Waals surface area contributed by atoms with Crippen molar-refractivity contribution in [2.45, 2.75) is 32.2 Å². The number of halogens is 1. The number of carbonyl (C=O) groups is 2. The third kappa shape index (κ3) is 7.11. The van der Waals surface area contributed by atoms with E-state index in [2.05, 4.69) is 32.2 Å². The van der Waals surface area contributed by atoms with Crippen LogP contribution in [0.2, 0.25) is 5.15 Å². The summed E-state index contributed by atoms with van der Waals surface area (Å²) in [4.78, 5) is 42.7. The molecule has 8 rings (SSSR count). The number of fused-ring (bicyclic) bond motifs is 7. The predicted molar refractivity (Wildman–Crippen MR) is 195 cm³/mol. The lowest BCUT2D eigenvalue weighted by Gasteiger charge is -2.10. The van der Waals surface area contributed by atoms with E-state index in [-0.39, 0.29) is 31.6 Å². The van der Waals surface area contributed by atoms with Gasteiger partial charge >= 0.3 is 11.9 Å². The first kappa shape index (κ1) is 33.4. The van der Waals surface area contributed by atoms with Gasteiger partial charge in [0, 0.05) is 39.6 Å². The molecule has 3 aromatic carbocycles. The first-order chi connectivity index (χ1) is 24.4. The Bertz CT molecular complexity index is 2380. The quantitative estimate of drug-likeness (QED) is 0.115. The van der Waals surface area contributed by atoms with Crippen LogP contribution in [0, 0.1) is 0 Å². The van der Waals surface area contributed by atoms with Gasteiger partial charge in [-0.05, 0) is 29.8 Å². The van der Waals surface area contributed by atoms with Crippen LogP contribution in [0.4, 0.5) is 5.82 Å². The molecule has 7 aromatic rings. The molecule has 0 aliphatic carbocycles. The molecule has 14 heteroatoms. The van der Waals surface area contributed by atoms with E-state index in [9.17, 15) is 9.59 Å². The van der Waals surface area contributed by atoms with Gasteiger partial charge in [-0.25, -0.2) is 19.9 Å². The van der Waals surface area contributed by atoms with Crippen molar-refractivity contribution in [1.82, 2.24) is 19.9 Å². The van der Waals surface area contributed by atoms with Crippen molar-refractivity contribution >= 4 is 92.6 Å². The minimum Gasteiger partial charge on any atom is -0.469 e. The first-order valence-corrected chi connectivity index (χ1v) is 17.7. The van der Waals surface area contributed by atoms with E-state index in [1.807, 2.05) is 54.6 Å². The summed E-state index contributed by atoms with van der Waals surface area (Å²) in [5.41, 5.74) is 1.06. The molecule has 1 aliphatic rings. The fourth-order valence-corrected chi connectivity index (χ4v) is 8.04. The van der Waals surface area contributed by atoms with E-state index in [4.69, 9.17) is 35.8 Å². The van der Waals surface area contributed by atoms with Gasteiger partial charge in [0.25, 0.3) is 0 Å². The lowest BCUT2D eigenvalue weighted by atomic mass is 10.1. The Hall–Kier alpha value is -5.11. The van der Waals surface area contributed by atoms with Crippen molar-refractivity contribution in [1.29, 1.82) is 0 Å². The van der Waals surface area contributed by atoms with Crippen LogP contribution in [0.25, 0.3) is 40.6 Å². The maximum atomic E-state index is 11.6. The van der Waals surface area contributed by atoms with Crippen LogP contribution in [-0.2, 0) is 38.4 Å². The molecular weight excluding hydrogens is 698 g/mol. The van der Waals surface area contributed by atoms with Gasteiger partial charge in [0.15, 0.2) is 11.5 Å². The fourth-order valence-electron chi connectivity index (χ4n) is 5.51. The number of hydrogen-bond donors (Lipinski definition) is 1. The average Bonchev–Trinajstić information content (AvgIpc) is 3.87. The van der Waals surface area contributed by atoms with Crippen molar-refractivity contribution in [2.75, 3.05) is 26.3 Å². The number of esters is 2. The number of aryl methyl sites for hydroxylation is 2. The maximum absolute atomic E-state index is 11.6. The van der Waals surface area contributed by atoms with Crippen LogP contribution in [0.15, 0.2) is 66.7 Å². The number of aromatic nitrogens is 4. The minimum atomic E-state index is -0.277. The zero-order valence-electron chi connectivity index (χ0n) is 27.0. The third-order valence-corrected chi connectivity index (χ3v) is 10.4. The second kappa shape index (κ2) is 14.8. The van der Waals surface area contributed by atoms with E-state index in [0.29, 0.717) is 36.2 Å². The van der Waals surface area contributed by atoms with Gasteiger partial charge < -0.3 is 24.3 Å². The Labute approximate surface area is 299 Å². The zero-order chi connectivity index (χ0) is 34.6. The minimum absolute atomic E-state index is 0.245. The highest BCUT2D eigenvalue weighted by molar-refractivity contribution is 7.26. The van der Waals surface area contributed by atoms with Gasteiger partial charge in [0.2, 0.25) is 6.79 Å². The number of anilines is 1. The van der Waals surface area contributed by atoms with Crippen molar-refractivity contribution in [3.05, 3.63) is 89.1 Å². The summed E-state index contributed by atoms with van der Waals surface area (Å²) in [5.74, 6) is 2.91. The van der Waals surface area contributed by atoms with Gasteiger partial charge in [0.1, 0.15) is 32.3 Å². The highest BCUT2D eigenvalue weighted by atomic mass is 35.5. The average molecular weight is 728 g/mol. The monoisotopic (exact) mass is 727 g/mol. The number of hydrogen-bond acceptors (Lipinski definition) is 13. The normalized spacial score (nSPS) is 11.9. The van der Waals surface area contributed by atoms with E-state index in [1.165, 1.54) is 14.2 Å². The molecule has 1 aliphatic heterocycles. The van der Waals surface area contributed by atoms with E-state index < -0.39 is 0 Å². The van der Waals surface area contributed by atoms with Crippen LogP contribution in [-0.4, -0.2) is 52.9 Å². The van der Waals surface area contributed by atoms with E-state index in [1.54, 1.807) is 22.7 Å². The number of carbonyl (C=O) groups excluding carboxylic acids is 2. The summed E-state index contributed by atoms with van der Waals surface area (Å²) in [6.45, 7) is 0.826. The summed E-state index contributed by atoms with van der Waals surface area (Å²) in [6.07, 6.45) is 1.35. The molecule has 0 saturated heterocycles. The Morgan fingerprint density at radius 3 is 2.00 bits per heavy atom. The molecular formula is C36H30ClN5O6S2. The van der Waals surface area contributed by atoms with Crippen LogP contribution in [0.1, 0.15) is 30.1 Å². The highest BCUT2D eigenvalue weighted by Gasteiger charge is 2.17. The molecule has 0 amide bonds. The number of thiophene rings is 2. The summed E-state index contributed by atoms with van der Waals surface area (Å²) in [7, 11) is 2.75. The fraction of sp³-hybridized carbons (Fsp3) is 0.222. The number of ether oxygens (including phenoxy) is 4. The van der Waals surface area contributed by atoms with Crippen LogP contribution in [0.5, 0.6) is 11.5 Å². The SMILES string of the molecule is COC(=O)CCc1nc(Cl)c2c(n1)sc1ccccc12.COC(=O)CCc1nc(NCc2ccc3c(c2)OCO3)c2c(n1)sc1ccccc12. The van der Waals surface area contributed by atoms with Crippen molar-refractivity contribution in [3.63, 3.8) is 0 Å². The molecule has 50 heavy (non-hydrogen) atoms. The highest BCUT2D eigenvalue weighted by Crippen LogP contribution is 2.38. The van der Waals surface area contributed by atoms with Crippen molar-refractivity contribution in [3.8, 4) is 11.5 Å². The second-order valence-corrected chi connectivity index (χ2v) is 13.6. The van der Waals surface area contributed by atoms with Crippen LogP contribution in [0.3, 0.4) is 0 Å². The molecule has 0 unspecified atom stereocenters. The lowest BCUT2D eigenvalue weighted by molar-refractivity contribution is -0.141. The summed E-state index contributed by atoms with van der Waals surface area (Å²) >= 11 is 9.47. The van der Waals surface area contributed by atoms with Crippen molar-refractivity contribution < 1.29 is 28.5 Å². The molecule has 0 radical (unpaired) electrons. The van der Waals surface area contributed by atoms with Gasteiger partial charge in [-0.2, -0.15) is 0 Å². The first-order valence-electron chi connectivity index (χ1n) is 15.7. The van der Waals surface area contributed by atoms with Crippen molar-refractivity contribution in [2.24, 2.45) is 0 Å². The molecule has 254 valence electrons. The van der Waals surface area contributed by atoms with Gasteiger partial charge in [0.05, 0.1) is 37.8 Å². The van der Waals surface area contributed by atoms with Crippen LogP contribution < -0.4 is 14.8 Å². The van der Waals surface area contributed by atoms with Gasteiger partial charge in [-0.1, -0.05) is 54.1 Å². The standard InChI is InChI=1S/C22H19N3O4S.C14H11ClN2O2S/c1-27-19(26)9-8-18-24-21(20-14-4-2-3-5-17(14)30-22(20)25-18)23-11-13-6-7-15-16(10-13)29-12-28-15;1-19-11(18)7-6-10-16-13(15)12-8-4-2-3-5-9(8)20-14(12)17-10/h2-7,10H,8-9,11-12H2,1H3,(H,23,24,25);2-5H,6-7H2,1H3. The Morgan fingerprint density at radius 1 is 0.760 bits per heavy atom. The van der Waals surface area contributed by atoms with Gasteiger partial charge in [-0.15, -0.1) is 22.7 Å². The number of methoxy groups -OCH3 is 2. The van der Waals surface area contributed by atoms with Crippen LogP contribution >= 0.6 is 34.3 Å². The second-order valence-electron chi connectivity index (χ2n) is 11.2. The molecule has 0 bridgehead atoms. The topological polar surface area (TPSA) is 135 Å². The number of nitrogens with one attached hydrogen (secondary N) is 1. The van der Waals surface area contributed by atoms with E-state index >= 15 is 0 Å². The zero-order valence-corrected chi connectivity index (χ0v) is 29.4. The Balaban J connectivity index is 0.000000170. The lowest BCUT2D eigenvalue weighted by Crippen LogP contribution is -2.08. The smallest absolute Gasteiger partial charge is 0.305 e. The summed E-state index contributed by atoms with van der Waals surface area (Å²) < 4.78 is 22.5. The molecule has 5 heterocycles. The molecule has 0 atom stereocenters. The molecule has 0 saturated carbocycles. The number of nitrogens with zero attached hydrogens (tertiary/aromatic N) is 4. The molecule has 1 N–H and O–H groups in total. The molecule has 0 spiro atoms. The molecule has 4 aromatic heterocycles. The summed E-state index contributed by atoms with van der Waals surface area (Å²) in [6, 6.07) is 22.1. The number of benzene rings is 3. The summed E-state index contributed by atoms with van der Waals surface area (Å²) in [5, 5.41) is 7.96.